The fraction of sp³-hybridized carbons (Fsp3) is 0.286. The van der Waals surface area contributed by atoms with Crippen LogP contribution < -0.4 is 10.6 Å². The Balaban J connectivity index is 2.12. The zero-order valence-corrected chi connectivity index (χ0v) is 15.9. The highest BCUT2D eigenvalue weighted by Gasteiger charge is 2.21. The van der Waals surface area contributed by atoms with Crippen molar-refractivity contribution in [2.24, 2.45) is 0 Å². The zero-order chi connectivity index (χ0) is 20.2. The second kappa shape index (κ2) is 8.03. The molecule has 27 heavy (non-hydrogen) atoms. The number of nitrogens with one attached hydrogen (secondary N) is 2. The van der Waals surface area contributed by atoms with Crippen molar-refractivity contribution < 1.29 is 19.5 Å². The second-order valence-corrected chi connectivity index (χ2v) is 7.36. The lowest BCUT2D eigenvalue weighted by Crippen LogP contribution is -2.38. The van der Waals surface area contributed by atoms with E-state index in [-0.39, 0.29) is 11.3 Å². The molecule has 2 amide bonds. The third-order valence-electron chi connectivity index (χ3n) is 4.10. The van der Waals surface area contributed by atoms with Gasteiger partial charge in [0.2, 0.25) is 0 Å². The maximum atomic E-state index is 12.7. The van der Waals surface area contributed by atoms with E-state index < -0.39 is 17.9 Å². The number of carbonyl (C=O) groups is 3. The van der Waals surface area contributed by atoms with Crippen LogP contribution in [0.1, 0.15) is 54.0 Å². The summed E-state index contributed by atoms with van der Waals surface area (Å²) in [6.07, 6.45) is 0. The molecule has 0 fully saturated rings. The quantitative estimate of drug-likeness (QED) is 0.753. The second-order valence-electron chi connectivity index (χ2n) is 7.36. The average molecular weight is 368 g/mol. The summed E-state index contributed by atoms with van der Waals surface area (Å²) in [5.41, 5.74) is 2.24. The summed E-state index contributed by atoms with van der Waals surface area (Å²) in [4.78, 5) is 35.5. The molecule has 6 nitrogen and oxygen atoms in total. The van der Waals surface area contributed by atoms with Gasteiger partial charge in [-0.3, -0.25) is 14.4 Å². The molecular weight excluding hydrogens is 344 g/mol. The van der Waals surface area contributed by atoms with Crippen LogP contribution in [-0.2, 0) is 10.2 Å². The van der Waals surface area contributed by atoms with Crippen molar-refractivity contribution in [3.63, 3.8) is 0 Å². The van der Waals surface area contributed by atoms with Crippen LogP contribution in [0.5, 0.6) is 0 Å². The Bertz CT molecular complexity index is 851. The van der Waals surface area contributed by atoms with Crippen LogP contribution in [0, 0.1) is 0 Å². The molecule has 0 aliphatic rings. The van der Waals surface area contributed by atoms with Gasteiger partial charge in [-0.15, -0.1) is 0 Å². The van der Waals surface area contributed by atoms with Crippen LogP contribution in [0.2, 0.25) is 0 Å². The largest absolute Gasteiger partial charge is 0.480 e. The Hall–Kier alpha value is -3.15. The highest BCUT2D eigenvalue weighted by Crippen LogP contribution is 2.26. The average Bonchev–Trinajstić information content (AvgIpc) is 2.61. The van der Waals surface area contributed by atoms with Crippen LogP contribution >= 0.6 is 0 Å². The fourth-order valence-corrected chi connectivity index (χ4v) is 2.58. The lowest BCUT2D eigenvalue weighted by Gasteiger charge is -2.22. The molecule has 3 N–H and O–H groups in total. The monoisotopic (exact) mass is 368 g/mol. The number of aliphatic carboxylic acids is 1. The summed E-state index contributed by atoms with van der Waals surface area (Å²) in [6.45, 7) is 7.53. The predicted molar refractivity (Wildman–Crippen MR) is 104 cm³/mol. The molecule has 0 bridgehead atoms. The predicted octanol–water partition coefficient (Wildman–Crippen LogP) is 3.44. The molecule has 0 aliphatic heterocycles. The van der Waals surface area contributed by atoms with E-state index in [1.54, 1.807) is 18.2 Å². The zero-order valence-electron chi connectivity index (χ0n) is 15.9. The van der Waals surface area contributed by atoms with Crippen LogP contribution in [0.25, 0.3) is 0 Å². The number of carboxylic acid groups (broad SMARTS) is 1. The highest BCUT2D eigenvalue weighted by molar-refractivity contribution is 6.06. The van der Waals surface area contributed by atoms with E-state index in [0.717, 1.165) is 5.56 Å². The smallest absolute Gasteiger partial charge is 0.325 e. The van der Waals surface area contributed by atoms with Gasteiger partial charge in [0.15, 0.2) is 0 Å². The number of carboxylic acids is 1. The van der Waals surface area contributed by atoms with E-state index in [1.165, 1.54) is 19.1 Å². The third kappa shape index (κ3) is 5.17. The van der Waals surface area contributed by atoms with Gasteiger partial charge in [-0.05, 0) is 48.2 Å². The number of anilines is 1. The first-order valence-corrected chi connectivity index (χ1v) is 8.64. The first-order valence-electron chi connectivity index (χ1n) is 8.64. The molecule has 1 unspecified atom stereocenters. The van der Waals surface area contributed by atoms with Gasteiger partial charge < -0.3 is 15.7 Å². The minimum atomic E-state index is -1.11. The maximum absolute atomic E-state index is 12.7. The Labute approximate surface area is 158 Å². The van der Waals surface area contributed by atoms with E-state index in [9.17, 15) is 14.4 Å². The SMILES string of the molecule is CC(NC(=O)c1ccc(NC(=O)c2ccccc2C(C)(C)C)cc1)C(=O)O. The van der Waals surface area contributed by atoms with Gasteiger partial charge in [0.1, 0.15) is 6.04 Å². The van der Waals surface area contributed by atoms with Gasteiger partial charge in [0.05, 0.1) is 0 Å². The summed E-state index contributed by atoms with van der Waals surface area (Å²) in [5, 5.41) is 14.1. The molecule has 0 radical (unpaired) electrons. The Morgan fingerprint density at radius 3 is 2.07 bits per heavy atom. The first-order chi connectivity index (χ1) is 12.6. The molecule has 0 saturated heterocycles. The fourth-order valence-electron chi connectivity index (χ4n) is 2.58. The minimum Gasteiger partial charge on any atom is -0.480 e. The van der Waals surface area contributed by atoms with Crippen LogP contribution in [0.15, 0.2) is 48.5 Å². The molecule has 0 aliphatic carbocycles. The van der Waals surface area contributed by atoms with Gasteiger partial charge in [-0.2, -0.15) is 0 Å². The van der Waals surface area contributed by atoms with Crippen molar-refractivity contribution >= 4 is 23.5 Å². The molecule has 142 valence electrons. The van der Waals surface area contributed by atoms with Crippen LogP contribution in [0.4, 0.5) is 5.69 Å². The first kappa shape index (κ1) is 20.2. The molecular formula is C21H24N2O4. The van der Waals surface area contributed by atoms with Gasteiger partial charge in [0, 0.05) is 16.8 Å². The molecule has 2 aromatic rings. The Morgan fingerprint density at radius 1 is 0.926 bits per heavy atom. The summed E-state index contributed by atoms with van der Waals surface area (Å²) >= 11 is 0. The van der Waals surface area contributed by atoms with Crippen LogP contribution in [0.3, 0.4) is 0 Å². The summed E-state index contributed by atoms with van der Waals surface area (Å²) in [6, 6.07) is 12.8. The minimum absolute atomic E-state index is 0.170. The summed E-state index contributed by atoms with van der Waals surface area (Å²) < 4.78 is 0. The lowest BCUT2D eigenvalue weighted by molar-refractivity contribution is -0.138. The van der Waals surface area contributed by atoms with E-state index in [1.807, 2.05) is 39.0 Å². The van der Waals surface area contributed by atoms with Gasteiger partial charge in [0.25, 0.3) is 11.8 Å². The van der Waals surface area contributed by atoms with Crippen molar-refractivity contribution in [1.29, 1.82) is 0 Å². The molecule has 2 rings (SSSR count). The summed E-state index contributed by atoms with van der Waals surface area (Å²) in [7, 11) is 0. The number of amides is 2. The van der Waals surface area contributed by atoms with Crippen LogP contribution in [-0.4, -0.2) is 28.9 Å². The Morgan fingerprint density at radius 2 is 1.52 bits per heavy atom. The molecule has 2 aromatic carbocycles. The number of hydrogen-bond acceptors (Lipinski definition) is 3. The van der Waals surface area contributed by atoms with Crippen molar-refractivity contribution in [2.45, 2.75) is 39.2 Å². The highest BCUT2D eigenvalue weighted by atomic mass is 16.4. The Kier molecular flexibility index (Phi) is 6.00. The number of hydrogen-bond donors (Lipinski definition) is 3. The number of carbonyl (C=O) groups excluding carboxylic acids is 2. The molecule has 1 atom stereocenters. The van der Waals surface area contributed by atoms with Crippen molar-refractivity contribution in [3.05, 3.63) is 65.2 Å². The third-order valence-corrected chi connectivity index (χ3v) is 4.10. The van der Waals surface area contributed by atoms with Gasteiger partial charge >= 0.3 is 5.97 Å². The van der Waals surface area contributed by atoms with E-state index >= 15 is 0 Å². The van der Waals surface area contributed by atoms with Crippen molar-refractivity contribution in [3.8, 4) is 0 Å². The standard InChI is InChI=1S/C21H24N2O4/c1-13(20(26)27)22-18(24)14-9-11-15(12-10-14)23-19(25)16-7-5-6-8-17(16)21(2,3)4/h5-13H,1-4H3,(H,22,24)(H,23,25)(H,26,27). The lowest BCUT2D eigenvalue weighted by atomic mass is 9.83. The van der Waals surface area contributed by atoms with E-state index in [0.29, 0.717) is 16.8 Å². The number of rotatable bonds is 5. The van der Waals surface area contributed by atoms with Gasteiger partial charge in [-0.25, -0.2) is 0 Å². The van der Waals surface area contributed by atoms with Gasteiger partial charge in [-0.1, -0.05) is 39.0 Å². The topological polar surface area (TPSA) is 95.5 Å². The maximum Gasteiger partial charge on any atom is 0.325 e. The molecule has 6 heteroatoms. The molecule has 0 saturated carbocycles. The normalized spacial score (nSPS) is 12.1. The molecule has 0 heterocycles. The van der Waals surface area contributed by atoms with E-state index in [4.69, 9.17) is 5.11 Å². The molecule has 0 aromatic heterocycles. The number of benzene rings is 2. The van der Waals surface area contributed by atoms with Crippen molar-refractivity contribution in [1.82, 2.24) is 5.32 Å². The van der Waals surface area contributed by atoms with Crippen molar-refractivity contribution in [2.75, 3.05) is 5.32 Å². The molecule has 0 spiro atoms. The van der Waals surface area contributed by atoms with E-state index in [2.05, 4.69) is 10.6 Å². The summed E-state index contributed by atoms with van der Waals surface area (Å²) in [5.74, 6) is -1.82.